The molecule has 4 heteroatoms. The highest BCUT2D eigenvalue weighted by Gasteiger charge is 2.28. The molecule has 0 N–H and O–H groups in total. The van der Waals surface area contributed by atoms with Crippen LogP contribution in [0.1, 0.15) is 33.6 Å². The highest BCUT2D eigenvalue weighted by Crippen LogP contribution is 2.34. The molecule has 0 atom stereocenters. The average Bonchev–Trinajstić information content (AvgIpc) is 2.91. The minimum Gasteiger partial charge on any atom is -0.343 e. The third-order valence-electron chi connectivity index (χ3n) is 4.72. The first-order chi connectivity index (χ1) is 11.7. The van der Waals surface area contributed by atoms with Crippen LogP contribution < -0.4 is 0 Å². The second-order valence-corrected chi connectivity index (χ2v) is 6.50. The van der Waals surface area contributed by atoms with E-state index in [1.807, 2.05) is 42.5 Å². The molecule has 120 valence electrons. The van der Waals surface area contributed by atoms with E-state index in [9.17, 15) is 9.59 Å². The predicted octanol–water partition coefficient (Wildman–Crippen LogP) is 4.13. The van der Waals surface area contributed by atoms with Gasteiger partial charge in [-0.1, -0.05) is 48.5 Å². The molecular formula is C20H16ClNO2. The van der Waals surface area contributed by atoms with Crippen LogP contribution in [0.5, 0.6) is 0 Å². The third kappa shape index (κ3) is 2.36. The van der Waals surface area contributed by atoms with Crippen molar-refractivity contribution in [3.63, 3.8) is 0 Å². The Morgan fingerprint density at radius 1 is 1.04 bits per heavy atom. The summed E-state index contributed by atoms with van der Waals surface area (Å²) in [6.45, 7) is 0.861. The van der Waals surface area contributed by atoms with Crippen molar-refractivity contribution in [3.8, 4) is 0 Å². The summed E-state index contributed by atoms with van der Waals surface area (Å²) in [5.41, 5.74) is 4.78. The Balaban J connectivity index is 2.00. The van der Waals surface area contributed by atoms with Gasteiger partial charge in [0.25, 0.3) is 5.24 Å². The van der Waals surface area contributed by atoms with Crippen molar-refractivity contribution in [1.82, 2.24) is 4.57 Å². The Kier molecular flexibility index (Phi) is 3.73. The fraction of sp³-hybridized carbons (Fsp3) is 0.200. The molecule has 0 spiro atoms. The van der Waals surface area contributed by atoms with Crippen molar-refractivity contribution in [2.24, 2.45) is 0 Å². The number of hydrogen-bond acceptors (Lipinski definition) is 2. The second kappa shape index (κ2) is 5.91. The summed E-state index contributed by atoms with van der Waals surface area (Å²) in [7, 11) is 0. The summed E-state index contributed by atoms with van der Waals surface area (Å²) in [6, 6.07) is 16.0. The number of hydrogen-bond donors (Lipinski definition) is 0. The maximum absolute atomic E-state index is 12.5. The van der Waals surface area contributed by atoms with E-state index in [0.29, 0.717) is 12.0 Å². The molecule has 2 heterocycles. The van der Waals surface area contributed by atoms with Gasteiger partial charge >= 0.3 is 0 Å². The fourth-order valence-corrected chi connectivity index (χ4v) is 3.83. The quantitative estimate of drug-likeness (QED) is 0.408. The number of carbonyl (C=O) groups excluding carboxylic acids is 2. The van der Waals surface area contributed by atoms with Gasteiger partial charge in [-0.05, 0) is 35.6 Å². The molecular weight excluding hydrogens is 322 g/mol. The molecule has 0 saturated carbocycles. The molecule has 0 aliphatic carbocycles. The standard InChI is InChI=1S/C20H16ClNO2/c21-20(24)19(23)17-15-10-4-8-14-9-5-11-22(18(14)15)16(17)12-13-6-2-1-3-7-13/h1-4,6-8,10H,5,9,11-12H2. The van der Waals surface area contributed by atoms with Crippen LogP contribution in [-0.4, -0.2) is 15.6 Å². The van der Waals surface area contributed by atoms with Gasteiger partial charge < -0.3 is 4.57 Å². The zero-order valence-electron chi connectivity index (χ0n) is 13.1. The number of para-hydroxylation sites is 1. The van der Waals surface area contributed by atoms with Crippen LogP contribution in [0.2, 0.25) is 0 Å². The largest absolute Gasteiger partial charge is 0.343 e. The lowest BCUT2D eigenvalue weighted by molar-refractivity contribution is -0.108. The Morgan fingerprint density at radius 3 is 2.58 bits per heavy atom. The van der Waals surface area contributed by atoms with Crippen molar-refractivity contribution in [2.45, 2.75) is 25.8 Å². The Morgan fingerprint density at radius 2 is 1.83 bits per heavy atom. The molecule has 3 aromatic rings. The number of Topliss-reactive ketones (excluding diaryl/α,β-unsaturated/α-hetero) is 1. The van der Waals surface area contributed by atoms with Crippen LogP contribution in [0, 0.1) is 0 Å². The number of aromatic nitrogens is 1. The van der Waals surface area contributed by atoms with Crippen molar-refractivity contribution >= 4 is 33.5 Å². The summed E-state index contributed by atoms with van der Waals surface area (Å²) in [5.74, 6) is -0.606. The molecule has 0 radical (unpaired) electrons. The SMILES string of the molecule is O=C(Cl)C(=O)c1c(Cc2ccccc2)n2c3c(cccc13)CCC2. The maximum atomic E-state index is 12.5. The van der Waals surface area contributed by atoms with E-state index in [2.05, 4.69) is 10.6 Å². The summed E-state index contributed by atoms with van der Waals surface area (Å²) in [6.07, 6.45) is 2.64. The molecule has 0 bridgehead atoms. The van der Waals surface area contributed by atoms with Crippen molar-refractivity contribution < 1.29 is 9.59 Å². The highest BCUT2D eigenvalue weighted by molar-refractivity contribution is 6.83. The monoisotopic (exact) mass is 337 g/mol. The number of carbonyl (C=O) groups is 2. The van der Waals surface area contributed by atoms with Crippen LogP contribution in [-0.2, 0) is 24.2 Å². The van der Waals surface area contributed by atoms with E-state index in [-0.39, 0.29) is 0 Å². The summed E-state index contributed by atoms with van der Waals surface area (Å²) < 4.78 is 2.20. The number of halogens is 1. The normalized spacial score (nSPS) is 13.2. The smallest absolute Gasteiger partial charge is 0.293 e. The van der Waals surface area contributed by atoms with E-state index in [1.54, 1.807) is 0 Å². The Hall–Kier alpha value is -2.39. The van der Waals surface area contributed by atoms with Gasteiger partial charge in [0.1, 0.15) is 0 Å². The first-order valence-corrected chi connectivity index (χ1v) is 8.45. The molecule has 1 aliphatic heterocycles. The first-order valence-electron chi connectivity index (χ1n) is 8.08. The van der Waals surface area contributed by atoms with Crippen LogP contribution in [0.3, 0.4) is 0 Å². The van der Waals surface area contributed by atoms with Crippen molar-refractivity contribution in [1.29, 1.82) is 0 Å². The van der Waals surface area contributed by atoms with Crippen LogP contribution in [0.4, 0.5) is 0 Å². The Labute approximate surface area is 144 Å². The summed E-state index contributed by atoms with van der Waals surface area (Å²) in [4.78, 5) is 24.1. The maximum Gasteiger partial charge on any atom is 0.293 e. The van der Waals surface area contributed by atoms with Gasteiger partial charge in [-0.2, -0.15) is 0 Å². The van der Waals surface area contributed by atoms with Crippen LogP contribution in [0.15, 0.2) is 48.5 Å². The molecule has 1 aromatic heterocycles. The van der Waals surface area contributed by atoms with Crippen LogP contribution >= 0.6 is 11.6 Å². The number of rotatable bonds is 4. The van der Waals surface area contributed by atoms with Gasteiger partial charge in [0.15, 0.2) is 0 Å². The van der Waals surface area contributed by atoms with Gasteiger partial charge in [-0.3, -0.25) is 9.59 Å². The number of nitrogens with zero attached hydrogens (tertiary/aromatic N) is 1. The summed E-state index contributed by atoms with van der Waals surface area (Å²) >= 11 is 5.55. The molecule has 24 heavy (non-hydrogen) atoms. The van der Waals surface area contributed by atoms with Crippen molar-refractivity contribution in [3.05, 3.63) is 70.9 Å². The lowest BCUT2D eigenvalue weighted by Gasteiger charge is -2.18. The Bertz CT molecular complexity index is 957. The van der Waals surface area contributed by atoms with Gasteiger partial charge in [0.2, 0.25) is 5.78 Å². The van der Waals surface area contributed by atoms with Gasteiger partial charge in [0, 0.05) is 24.0 Å². The molecule has 2 aromatic carbocycles. The van der Waals surface area contributed by atoms with Gasteiger partial charge in [-0.15, -0.1) is 0 Å². The minimum atomic E-state index is -0.923. The lowest BCUT2D eigenvalue weighted by Crippen LogP contribution is -2.14. The highest BCUT2D eigenvalue weighted by atomic mass is 35.5. The van der Waals surface area contributed by atoms with E-state index in [1.165, 1.54) is 5.56 Å². The van der Waals surface area contributed by atoms with E-state index < -0.39 is 11.0 Å². The fourth-order valence-electron chi connectivity index (χ4n) is 3.74. The topological polar surface area (TPSA) is 39.1 Å². The van der Waals surface area contributed by atoms with E-state index in [4.69, 9.17) is 11.6 Å². The number of ketones is 1. The third-order valence-corrected chi connectivity index (χ3v) is 4.89. The molecule has 3 nitrogen and oxygen atoms in total. The van der Waals surface area contributed by atoms with Gasteiger partial charge in [-0.25, -0.2) is 0 Å². The molecule has 0 fully saturated rings. The first kappa shape index (κ1) is 15.2. The molecule has 0 saturated heterocycles. The van der Waals surface area contributed by atoms with E-state index >= 15 is 0 Å². The molecule has 0 unspecified atom stereocenters. The van der Waals surface area contributed by atoms with Crippen molar-refractivity contribution in [2.75, 3.05) is 0 Å². The number of aryl methyl sites for hydroxylation is 2. The summed E-state index contributed by atoms with van der Waals surface area (Å²) in [5, 5.41) is -0.0786. The minimum absolute atomic E-state index is 0.470. The lowest BCUT2D eigenvalue weighted by atomic mass is 10.00. The van der Waals surface area contributed by atoms with Crippen LogP contribution in [0.25, 0.3) is 10.9 Å². The zero-order valence-corrected chi connectivity index (χ0v) is 13.8. The average molecular weight is 338 g/mol. The predicted molar refractivity (Wildman–Crippen MR) is 94.7 cm³/mol. The number of benzene rings is 2. The van der Waals surface area contributed by atoms with Gasteiger partial charge in [0.05, 0.1) is 11.1 Å². The van der Waals surface area contributed by atoms with E-state index in [0.717, 1.165) is 41.5 Å². The molecule has 1 aliphatic rings. The molecule has 0 amide bonds. The second-order valence-electron chi connectivity index (χ2n) is 6.16. The molecule has 4 rings (SSSR count). The zero-order chi connectivity index (χ0) is 16.7.